The number of nitrogens with two attached hydrogens (primary N) is 1. The van der Waals surface area contributed by atoms with Gasteiger partial charge in [-0.15, -0.1) is 5.10 Å². The molecule has 62 valence electrons. The number of hydrogen-bond donors (Lipinski definition) is 1. The molecule has 0 unspecified atom stereocenters. The molecule has 0 spiro atoms. The van der Waals surface area contributed by atoms with Crippen molar-refractivity contribution in [2.24, 2.45) is 0 Å². The van der Waals surface area contributed by atoms with Crippen LogP contribution < -0.4 is 5.73 Å². The van der Waals surface area contributed by atoms with E-state index in [4.69, 9.17) is 14.9 Å². The van der Waals surface area contributed by atoms with Crippen molar-refractivity contribution in [3.8, 4) is 0 Å². The third kappa shape index (κ3) is 2.55. The maximum atomic E-state index is 5.20. The SMILES string of the molecule is CCOCCc1nnc(N)o1. The first-order valence-corrected chi connectivity index (χ1v) is 3.48. The average molecular weight is 157 g/mol. The molecule has 2 N–H and O–H groups in total. The fourth-order valence-corrected chi connectivity index (χ4v) is 0.671. The highest BCUT2D eigenvalue weighted by Gasteiger charge is 2.00. The monoisotopic (exact) mass is 157 g/mol. The summed E-state index contributed by atoms with van der Waals surface area (Å²) < 4.78 is 9.98. The van der Waals surface area contributed by atoms with E-state index < -0.39 is 0 Å². The zero-order chi connectivity index (χ0) is 8.10. The van der Waals surface area contributed by atoms with E-state index in [-0.39, 0.29) is 6.01 Å². The summed E-state index contributed by atoms with van der Waals surface area (Å²) in [7, 11) is 0. The molecule has 0 saturated carbocycles. The Morgan fingerprint density at radius 2 is 2.36 bits per heavy atom. The molecule has 0 aromatic carbocycles. The Labute approximate surface area is 64.5 Å². The van der Waals surface area contributed by atoms with Crippen molar-refractivity contribution >= 4 is 6.01 Å². The Hall–Kier alpha value is -1.10. The van der Waals surface area contributed by atoms with E-state index in [1.54, 1.807) is 0 Å². The summed E-state index contributed by atoms with van der Waals surface area (Å²) in [6, 6.07) is 0.108. The minimum absolute atomic E-state index is 0.108. The van der Waals surface area contributed by atoms with Crippen LogP contribution in [0.25, 0.3) is 0 Å². The van der Waals surface area contributed by atoms with Crippen LogP contribution in [-0.2, 0) is 11.2 Å². The van der Waals surface area contributed by atoms with Gasteiger partial charge in [-0.1, -0.05) is 5.10 Å². The molecule has 0 fully saturated rings. The predicted molar refractivity (Wildman–Crippen MR) is 38.9 cm³/mol. The molecule has 0 radical (unpaired) electrons. The average Bonchev–Trinajstić information content (AvgIpc) is 2.37. The van der Waals surface area contributed by atoms with Crippen LogP contribution in [-0.4, -0.2) is 23.4 Å². The standard InChI is InChI=1S/C6H11N3O2/c1-2-10-4-3-5-8-9-6(7)11-5/h2-4H2,1H3,(H2,7,9). The smallest absolute Gasteiger partial charge is 0.312 e. The minimum Gasteiger partial charge on any atom is -0.408 e. The second-order valence-electron chi connectivity index (χ2n) is 1.98. The van der Waals surface area contributed by atoms with Gasteiger partial charge in [-0.3, -0.25) is 0 Å². The Balaban J connectivity index is 2.27. The molecule has 0 amide bonds. The second-order valence-corrected chi connectivity index (χ2v) is 1.98. The fourth-order valence-electron chi connectivity index (χ4n) is 0.671. The first-order chi connectivity index (χ1) is 5.33. The van der Waals surface area contributed by atoms with Crippen molar-refractivity contribution in [2.75, 3.05) is 18.9 Å². The first-order valence-electron chi connectivity index (χ1n) is 3.48. The molecule has 0 aliphatic carbocycles. The highest BCUT2D eigenvalue weighted by Crippen LogP contribution is 2.00. The number of anilines is 1. The summed E-state index contributed by atoms with van der Waals surface area (Å²) in [5.41, 5.74) is 5.20. The van der Waals surface area contributed by atoms with Gasteiger partial charge in [-0.05, 0) is 6.92 Å². The largest absolute Gasteiger partial charge is 0.408 e. The lowest BCUT2D eigenvalue weighted by Crippen LogP contribution is -1.97. The predicted octanol–water partition coefficient (Wildman–Crippen LogP) is 0.231. The molecule has 0 atom stereocenters. The number of nitrogens with zero attached hydrogens (tertiary/aromatic N) is 2. The van der Waals surface area contributed by atoms with Gasteiger partial charge >= 0.3 is 6.01 Å². The van der Waals surface area contributed by atoms with Gasteiger partial charge in [-0.2, -0.15) is 0 Å². The van der Waals surface area contributed by atoms with Crippen molar-refractivity contribution in [2.45, 2.75) is 13.3 Å². The van der Waals surface area contributed by atoms with Gasteiger partial charge in [0.2, 0.25) is 5.89 Å². The second kappa shape index (κ2) is 3.92. The van der Waals surface area contributed by atoms with Crippen molar-refractivity contribution in [1.82, 2.24) is 10.2 Å². The Morgan fingerprint density at radius 1 is 1.55 bits per heavy atom. The number of hydrogen-bond acceptors (Lipinski definition) is 5. The lowest BCUT2D eigenvalue weighted by Gasteiger charge is -1.94. The molecule has 0 bridgehead atoms. The van der Waals surface area contributed by atoms with Gasteiger partial charge in [0, 0.05) is 13.0 Å². The normalized spacial score (nSPS) is 10.3. The number of nitrogen functional groups attached to an aromatic ring is 1. The maximum Gasteiger partial charge on any atom is 0.312 e. The molecule has 11 heavy (non-hydrogen) atoms. The lowest BCUT2D eigenvalue weighted by molar-refractivity contribution is 0.146. The molecule has 1 heterocycles. The van der Waals surface area contributed by atoms with Crippen molar-refractivity contribution in [3.63, 3.8) is 0 Å². The molecule has 1 rings (SSSR count). The number of ether oxygens (including phenoxy) is 1. The summed E-state index contributed by atoms with van der Waals surface area (Å²) >= 11 is 0. The zero-order valence-corrected chi connectivity index (χ0v) is 6.41. The van der Waals surface area contributed by atoms with Crippen LogP contribution in [0, 0.1) is 0 Å². The van der Waals surface area contributed by atoms with E-state index in [1.165, 1.54) is 0 Å². The van der Waals surface area contributed by atoms with Crippen LogP contribution in [0.2, 0.25) is 0 Å². The van der Waals surface area contributed by atoms with Gasteiger partial charge in [0.15, 0.2) is 0 Å². The number of rotatable bonds is 4. The van der Waals surface area contributed by atoms with E-state index >= 15 is 0 Å². The van der Waals surface area contributed by atoms with E-state index in [1.807, 2.05) is 6.92 Å². The van der Waals surface area contributed by atoms with Crippen LogP contribution in [0.3, 0.4) is 0 Å². The van der Waals surface area contributed by atoms with Gasteiger partial charge in [0.05, 0.1) is 6.61 Å². The first kappa shape index (κ1) is 8.00. The van der Waals surface area contributed by atoms with Gasteiger partial charge < -0.3 is 14.9 Å². The van der Waals surface area contributed by atoms with Crippen LogP contribution >= 0.6 is 0 Å². The summed E-state index contributed by atoms with van der Waals surface area (Å²) in [4.78, 5) is 0. The third-order valence-electron chi connectivity index (χ3n) is 1.15. The minimum atomic E-state index is 0.108. The van der Waals surface area contributed by atoms with Gasteiger partial charge in [0.25, 0.3) is 0 Å². The molecule has 0 saturated heterocycles. The van der Waals surface area contributed by atoms with E-state index in [0.717, 1.165) is 0 Å². The molecular formula is C6H11N3O2. The molecule has 0 aliphatic rings. The molecule has 1 aromatic heterocycles. The Bertz CT molecular complexity index is 211. The van der Waals surface area contributed by atoms with E-state index in [0.29, 0.717) is 25.5 Å². The maximum absolute atomic E-state index is 5.20. The van der Waals surface area contributed by atoms with Crippen LogP contribution in [0.1, 0.15) is 12.8 Å². The summed E-state index contributed by atoms with van der Waals surface area (Å²) in [5, 5.41) is 7.17. The summed E-state index contributed by atoms with van der Waals surface area (Å²) in [6.07, 6.45) is 0.623. The highest BCUT2D eigenvalue weighted by atomic mass is 16.5. The van der Waals surface area contributed by atoms with Gasteiger partial charge in [-0.25, -0.2) is 0 Å². The molecule has 5 nitrogen and oxygen atoms in total. The molecule has 1 aromatic rings. The summed E-state index contributed by atoms with van der Waals surface area (Å²) in [6.45, 7) is 3.23. The van der Waals surface area contributed by atoms with Crippen molar-refractivity contribution in [1.29, 1.82) is 0 Å². The van der Waals surface area contributed by atoms with E-state index in [2.05, 4.69) is 10.2 Å². The van der Waals surface area contributed by atoms with E-state index in [9.17, 15) is 0 Å². The Morgan fingerprint density at radius 3 is 2.91 bits per heavy atom. The summed E-state index contributed by atoms with van der Waals surface area (Å²) in [5.74, 6) is 0.524. The van der Waals surface area contributed by atoms with Crippen LogP contribution in [0.5, 0.6) is 0 Å². The fraction of sp³-hybridized carbons (Fsp3) is 0.667. The molecule has 0 aliphatic heterocycles. The zero-order valence-electron chi connectivity index (χ0n) is 6.41. The molecule has 5 heteroatoms. The lowest BCUT2D eigenvalue weighted by atomic mass is 10.5. The topological polar surface area (TPSA) is 74.2 Å². The highest BCUT2D eigenvalue weighted by molar-refractivity contribution is 5.04. The number of aromatic nitrogens is 2. The van der Waals surface area contributed by atoms with Gasteiger partial charge in [0.1, 0.15) is 0 Å². The van der Waals surface area contributed by atoms with Crippen LogP contribution in [0.15, 0.2) is 4.42 Å². The van der Waals surface area contributed by atoms with Crippen molar-refractivity contribution in [3.05, 3.63) is 5.89 Å². The third-order valence-corrected chi connectivity index (χ3v) is 1.15. The van der Waals surface area contributed by atoms with Crippen LogP contribution in [0.4, 0.5) is 6.01 Å². The Kier molecular flexibility index (Phi) is 2.85. The quantitative estimate of drug-likeness (QED) is 0.633. The molecular weight excluding hydrogens is 146 g/mol. The van der Waals surface area contributed by atoms with Crippen molar-refractivity contribution < 1.29 is 9.15 Å².